The molecule has 4 atom stereocenters. The van der Waals surface area contributed by atoms with Crippen LogP contribution in [-0.2, 0) is 30.9 Å². The van der Waals surface area contributed by atoms with Gasteiger partial charge in [-0.2, -0.15) is 0 Å². The van der Waals surface area contributed by atoms with Gasteiger partial charge in [0, 0.05) is 24.9 Å². The van der Waals surface area contributed by atoms with Crippen LogP contribution in [0.25, 0.3) is 0 Å². The number of aliphatic hydroxyl groups is 2. The minimum atomic E-state index is -3.40. The van der Waals surface area contributed by atoms with Crippen molar-refractivity contribution in [3.05, 3.63) is 34.9 Å². The molecule has 5 aliphatic heterocycles. The number of imide groups is 1. The number of likely N-dealkylation sites (tertiary alicyclic amines) is 1. The molecule has 0 saturated carbocycles. The number of sulfone groups is 1. The maximum atomic E-state index is 13.3. The van der Waals surface area contributed by atoms with Gasteiger partial charge in [-0.05, 0) is 17.2 Å². The Hall–Kier alpha value is -3.76. The SMILES string of the molecule is N=C1N[C@H]2[C@H](CN3C(=O)CCC3=O)NC(=N)N3CC(NC(=O)c4cccc5c4CS(=O)(=O)C5)C(O)(O)C23N1. The Balaban J connectivity index is 1.31. The van der Waals surface area contributed by atoms with E-state index < -0.39 is 45.3 Å². The van der Waals surface area contributed by atoms with Gasteiger partial charge < -0.3 is 36.4 Å². The number of hydrogen-bond donors (Lipinski definition) is 8. The number of benzene rings is 1. The van der Waals surface area contributed by atoms with Crippen LogP contribution >= 0.6 is 0 Å². The van der Waals surface area contributed by atoms with Gasteiger partial charge in [-0.3, -0.25) is 30.1 Å². The number of amides is 3. The van der Waals surface area contributed by atoms with Gasteiger partial charge in [0.05, 0.1) is 30.1 Å². The van der Waals surface area contributed by atoms with Crippen molar-refractivity contribution >= 4 is 39.5 Å². The molecule has 8 N–H and O–H groups in total. The van der Waals surface area contributed by atoms with Crippen LogP contribution in [0.1, 0.15) is 34.3 Å². The Morgan fingerprint density at radius 3 is 2.55 bits per heavy atom. The van der Waals surface area contributed by atoms with Crippen molar-refractivity contribution in [2.45, 2.75) is 53.9 Å². The van der Waals surface area contributed by atoms with Crippen molar-refractivity contribution in [3.63, 3.8) is 0 Å². The zero-order valence-corrected chi connectivity index (χ0v) is 20.8. The quantitative estimate of drug-likeness (QED) is 0.136. The molecule has 1 spiro atoms. The molecule has 4 saturated heterocycles. The van der Waals surface area contributed by atoms with E-state index in [2.05, 4.69) is 21.3 Å². The van der Waals surface area contributed by atoms with Crippen LogP contribution < -0.4 is 21.3 Å². The van der Waals surface area contributed by atoms with Gasteiger partial charge in [0.1, 0.15) is 6.04 Å². The molecule has 16 heteroatoms. The summed E-state index contributed by atoms with van der Waals surface area (Å²) in [6, 6.07) is 1.40. The molecule has 6 rings (SSSR count). The molecule has 1 aromatic rings. The maximum absolute atomic E-state index is 13.3. The molecule has 3 amide bonds. The molecule has 15 nitrogen and oxygen atoms in total. The Morgan fingerprint density at radius 1 is 1.13 bits per heavy atom. The zero-order valence-electron chi connectivity index (χ0n) is 19.9. The number of guanidine groups is 2. The minimum absolute atomic E-state index is 0.0644. The summed E-state index contributed by atoms with van der Waals surface area (Å²) >= 11 is 0. The van der Waals surface area contributed by atoms with E-state index in [9.17, 15) is 33.0 Å². The Kier molecular flexibility index (Phi) is 5.09. The molecule has 202 valence electrons. The Morgan fingerprint density at radius 2 is 1.84 bits per heavy atom. The second-order valence-electron chi connectivity index (χ2n) is 10.2. The van der Waals surface area contributed by atoms with Crippen LogP contribution in [0.5, 0.6) is 0 Å². The van der Waals surface area contributed by atoms with E-state index in [1.165, 1.54) is 11.0 Å². The number of carbonyl (C=O) groups is 3. The predicted octanol–water partition coefficient (Wildman–Crippen LogP) is -3.54. The van der Waals surface area contributed by atoms with E-state index in [0.717, 1.165) is 4.90 Å². The summed E-state index contributed by atoms with van der Waals surface area (Å²) < 4.78 is 24.3. The third kappa shape index (κ3) is 3.33. The molecule has 5 aliphatic rings. The van der Waals surface area contributed by atoms with Gasteiger partial charge in [-0.25, -0.2) is 8.42 Å². The minimum Gasteiger partial charge on any atom is -0.361 e. The predicted molar refractivity (Wildman–Crippen MR) is 129 cm³/mol. The van der Waals surface area contributed by atoms with Gasteiger partial charge >= 0.3 is 0 Å². The van der Waals surface area contributed by atoms with E-state index in [1.807, 2.05) is 0 Å². The monoisotopic (exact) mass is 546 g/mol. The number of fused-ring (bicyclic) bond motifs is 1. The molecule has 0 aromatic heterocycles. The van der Waals surface area contributed by atoms with Crippen molar-refractivity contribution in [1.29, 1.82) is 10.8 Å². The fraction of sp³-hybridized carbons (Fsp3) is 0.500. The summed E-state index contributed by atoms with van der Waals surface area (Å²) in [7, 11) is -3.40. The number of nitrogens with one attached hydrogen (secondary N) is 6. The number of hydrogen-bond acceptors (Lipinski definition) is 9. The summed E-state index contributed by atoms with van der Waals surface area (Å²) in [4.78, 5) is 40.1. The third-order valence-corrected chi connectivity index (χ3v) is 9.47. The summed E-state index contributed by atoms with van der Waals surface area (Å²) in [5, 5.41) is 50.9. The smallest absolute Gasteiger partial charge is 0.252 e. The molecule has 5 heterocycles. The van der Waals surface area contributed by atoms with Crippen molar-refractivity contribution in [1.82, 2.24) is 31.1 Å². The summed E-state index contributed by atoms with van der Waals surface area (Å²) in [5.41, 5.74) is -0.937. The van der Waals surface area contributed by atoms with Crippen molar-refractivity contribution in [2.24, 2.45) is 0 Å². The fourth-order valence-electron chi connectivity index (χ4n) is 6.25. The van der Waals surface area contributed by atoms with Crippen LogP contribution in [0.4, 0.5) is 0 Å². The second-order valence-corrected chi connectivity index (χ2v) is 12.3. The summed E-state index contributed by atoms with van der Waals surface area (Å²) in [5.74, 6) is -5.24. The average Bonchev–Trinajstić information content (AvgIpc) is 3.52. The molecule has 0 radical (unpaired) electrons. The number of carbonyl (C=O) groups excluding carboxylic acids is 3. The van der Waals surface area contributed by atoms with Gasteiger partial charge in [0.15, 0.2) is 27.4 Å². The standard InChI is InChI=1S/C22H26N8O7S/c23-19-27-17-13(6-29-15(31)4-5-16(29)32)25-20(24)30-7-14(22(34,35)21(17,30)28-19)26-18(33)11-3-1-2-10-8-38(36,37)9-12(10)11/h1-3,13-14,17,34-35H,4-9H2,(H2,24,25)(H,26,33)(H3,23,27,28)/t13-,14?,17-,21?/m0/s1. The third-order valence-electron chi connectivity index (χ3n) is 7.99. The Labute approximate surface area is 216 Å². The fourth-order valence-corrected chi connectivity index (χ4v) is 7.88. The summed E-state index contributed by atoms with van der Waals surface area (Å²) in [6.07, 6.45) is 0.129. The highest BCUT2D eigenvalue weighted by Crippen LogP contribution is 2.43. The van der Waals surface area contributed by atoms with E-state index >= 15 is 0 Å². The zero-order chi connectivity index (χ0) is 27.2. The van der Waals surface area contributed by atoms with Gasteiger partial charge in [0.25, 0.3) is 5.91 Å². The van der Waals surface area contributed by atoms with Crippen LogP contribution in [0.3, 0.4) is 0 Å². The Bertz CT molecular complexity index is 1410. The van der Waals surface area contributed by atoms with Crippen LogP contribution in [-0.4, -0.2) is 101 Å². The average molecular weight is 547 g/mol. The first-order valence-corrected chi connectivity index (χ1v) is 13.8. The van der Waals surface area contributed by atoms with Gasteiger partial charge in [-0.15, -0.1) is 0 Å². The second kappa shape index (κ2) is 7.87. The maximum Gasteiger partial charge on any atom is 0.252 e. The van der Waals surface area contributed by atoms with Gasteiger partial charge in [0.2, 0.25) is 17.6 Å². The first-order valence-electron chi connectivity index (χ1n) is 12.0. The van der Waals surface area contributed by atoms with E-state index in [0.29, 0.717) is 11.1 Å². The van der Waals surface area contributed by atoms with Crippen molar-refractivity contribution in [2.75, 3.05) is 13.1 Å². The molecular weight excluding hydrogens is 520 g/mol. The molecule has 38 heavy (non-hydrogen) atoms. The normalized spacial score (nSPS) is 32.3. The lowest BCUT2D eigenvalue weighted by atomic mass is 9.84. The van der Waals surface area contributed by atoms with Crippen LogP contribution in [0.15, 0.2) is 18.2 Å². The highest BCUT2D eigenvalue weighted by atomic mass is 32.2. The number of rotatable bonds is 4. The first-order chi connectivity index (χ1) is 17.8. The highest BCUT2D eigenvalue weighted by molar-refractivity contribution is 7.90. The van der Waals surface area contributed by atoms with Gasteiger partial charge in [-0.1, -0.05) is 12.1 Å². The molecule has 0 aliphatic carbocycles. The summed E-state index contributed by atoms with van der Waals surface area (Å²) in [6.45, 7) is -0.412. The largest absolute Gasteiger partial charge is 0.361 e. The molecule has 0 bridgehead atoms. The first kappa shape index (κ1) is 24.6. The number of nitrogens with zero attached hydrogens (tertiary/aromatic N) is 2. The lowest BCUT2D eigenvalue weighted by Gasteiger charge is -2.51. The van der Waals surface area contributed by atoms with E-state index in [4.69, 9.17) is 10.8 Å². The lowest BCUT2D eigenvalue weighted by Crippen LogP contribution is -2.81. The lowest BCUT2D eigenvalue weighted by molar-refractivity contribution is -0.232. The highest BCUT2D eigenvalue weighted by Gasteiger charge is 2.74. The molecule has 4 fully saturated rings. The molecule has 2 unspecified atom stereocenters. The van der Waals surface area contributed by atoms with Crippen molar-refractivity contribution < 1.29 is 33.0 Å². The van der Waals surface area contributed by atoms with Crippen LogP contribution in [0, 0.1) is 10.8 Å². The van der Waals surface area contributed by atoms with Crippen molar-refractivity contribution in [3.8, 4) is 0 Å². The molecular formula is C22H26N8O7S. The topological polar surface area (TPSA) is 228 Å². The van der Waals surface area contributed by atoms with Crippen LogP contribution in [0.2, 0.25) is 0 Å². The van der Waals surface area contributed by atoms with E-state index in [-0.39, 0.29) is 66.7 Å². The molecule has 1 aromatic carbocycles. The van der Waals surface area contributed by atoms with E-state index in [1.54, 1.807) is 12.1 Å².